The van der Waals surface area contributed by atoms with Gasteiger partial charge in [0.05, 0.1) is 10.5 Å². The SMILES string of the molecule is O=C(COC(=O)c1cc([N+](=O)[O-])ccc1NCc1ccccc1)NCc1ccccc1F. The van der Waals surface area contributed by atoms with Crippen molar-refractivity contribution in [3.63, 3.8) is 0 Å². The van der Waals surface area contributed by atoms with Crippen molar-refractivity contribution in [2.24, 2.45) is 0 Å². The summed E-state index contributed by atoms with van der Waals surface area (Å²) in [4.78, 5) is 35.1. The van der Waals surface area contributed by atoms with Crippen LogP contribution >= 0.6 is 0 Å². The lowest BCUT2D eigenvalue weighted by Crippen LogP contribution is -2.28. The molecule has 0 aliphatic carbocycles. The molecule has 0 atom stereocenters. The first-order valence-corrected chi connectivity index (χ1v) is 9.67. The van der Waals surface area contributed by atoms with Crippen LogP contribution in [0.2, 0.25) is 0 Å². The molecule has 0 aromatic heterocycles. The number of nitrogens with one attached hydrogen (secondary N) is 2. The zero-order valence-electron chi connectivity index (χ0n) is 16.9. The molecular weight excluding hydrogens is 417 g/mol. The predicted molar refractivity (Wildman–Crippen MR) is 115 cm³/mol. The molecule has 3 rings (SSSR count). The first-order chi connectivity index (χ1) is 15.4. The lowest BCUT2D eigenvalue weighted by Gasteiger charge is -2.12. The summed E-state index contributed by atoms with van der Waals surface area (Å²) in [5.41, 5.74) is 1.20. The number of hydrogen-bond donors (Lipinski definition) is 2. The second-order valence-corrected chi connectivity index (χ2v) is 6.77. The molecule has 1 amide bonds. The maximum absolute atomic E-state index is 13.6. The number of ether oxygens (including phenoxy) is 1. The van der Waals surface area contributed by atoms with Gasteiger partial charge >= 0.3 is 5.97 Å². The van der Waals surface area contributed by atoms with Gasteiger partial charge in [-0.05, 0) is 17.7 Å². The highest BCUT2D eigenvalue weighted by molar-refractivity contribution is 5.97. The van der Waals surface area contributed by atoms with Gasteiger partial charge in [0.25, 0.3) is 11.6 Å². The van der Waals surface area contributed by atoms with Gasteiger partial charge in [0.15, 0.2) is 6.61 Å². The number of carbonyl (C=O) groups is 2. The summed E-state index contributed by atoms with van der Waals surface area (Å²) < 4.78 is 18.6. The Labute approximate surface area is 183 Å². The molecule has 0 saturated carbocycles. The number of rotatable bonds is 9. The van der Waals surface area contributed by atoms with E-state index < -0.39 is 29.2 Å². The Morgan fingerprint density at radius 1 is 0.969 bits per heavy atom. The molecule has 0 fully saturated rings. The Balaban J connectivity index is 1.64. The summed E-state index contributed by atoms with van der Waals surface area (Å²) >= 11 is 0. The van der Waals surface area contributed by atoms with Crippen LogP contribution in [0.3, 0.4) is 0 Å². The summed E-state index contributed by atoms with van der Waals surface area (Å²) in [6.07, 6.45) is 0. The largest absolute Gasteiger partial charge is 0.452 e. The van der Waals surface area contributed by atoms with Crippen LogP contribution < -0.4 is 10.6 Å². The van der Waals surface area contributed by atoms with E-state index >= 15 is 0 Å². The van der Waals surface area contributed by atoms with Crippen molar-refractivity contribution in [2.75, 3.05) is 11.9 Å². The van der Waals surface area contributed by atoms with E-state index in [1.807, 2.05) is 30.3 Å². The molecule has 0 aliphatic heterocycles. The average Bonchev–Trinajstić information content (AvgIpc) is 2.81. The standard InChI is InChI=1S/C23H20FN3O5/c24-20-9-5-4-8-17(20)14-26-22(28)15-32-23(29)19-12-18(27(30)31)10-11-21(19)25-13-16-6-2-1-3-7-16/h1-12,25H,13-15H2,(H,26,28). The Kier molecular flexibility index (Phi) is 7.47. The average molecular weight is 437 g/mol. The smallest absolute Gasteiger partial charge is 0.341 e. The predicted octanol–water partition coefficient (Wildman–Crippen LogP) is 3.82. The molecule has 2 N–H and O–H groups in total. The third-order valence-electron chi connectivity index (χ3n) is 4.53. The van der Waals surface area contributed by atoms with E-state index in [4.69, 9.17) is 4.74 Å². The van der Waals surface area contributed by atoms with Crippen molar-refractivity contribution >= 4 is 23.3 Å². The van der Waals surface area contributed by atoms with Crippen molar-refractivity contribution < 1.29 is 23.6 Å². The molecule has 0 unspecified atom stereocenters. The zero-order chi connectivity index (χ0) is 22.9. The molecule has 0 radical (unpaired) electrons. The summed E-state index contributed by atoms with van der Waals surface area (Å²) in [6.45, 7) is -0.306. The Morgan fingerprint density at radius 3 is 2.41 bits per heavy atom. The van der Waals surface area contributed by atoms with Crippen molar-refractivity contribution in [3.8, 4) is 0 Å². The fraction of sp³-hybridized carbons (Fsp3) is 0.130. The van der Waals surface area contributed by atoms with Crippen molar-refractivity contribution in [1.82, 2.24) is 5.32 Å². The molecule has 0 aliphatic rings. The molecule has 164 valence electrons. The molecule has 0 heterocycles. The third-order valence-corrected chi connectivity index (χ3v) is 4.53. The van der Waals surface area contributed by atoms with Crippen LogP contribution in [0.5, 0.6) is 0 Å². The summed E-state index contributed by atoms with van der Waals surface area (Å²) in [6, 6.07) is 19.1. The van der Waals surface area contributed by atoms with Crippen LogP contribution in [0.25, 0.3) is 0 Å². The van der Waals surface area contributed by atoms with Crippen LogP contribution in [-0.2, 0) is 22.6 Å². The van der Waals surface area contributed by atoms with Crippen LogP contribution in [-0.4, -0.2) is 23.4 Å². The van der Waals surface area contributed by atoms with Gasteiger partial charge < -0.3 is 15.4 Å². The summed E-state index contributed by atoms with van der Waals surface area (Å²) in [5.74, 6) is -1.99. The molecule has 3 aromatic carbocycles. The number of benzene rings is 3. The van der Waals surface area contributed by atoms with Crippen molar-refractivity contribution in [3.05, 3.63) is 105 Å². The normalized spacial score (nSPS) is 10.3. The zero-order valence-corrected chi connectivity index (χ0v) is 16.9. The van der Waals surface area contributed by atoms with E-state index in [1.54, 1.807) is 6.07 Å². The number of nitrogens with zero attached hydrogens (tertiary/aromatic N) is 1. The van der Waals surface area contributed by atoms with Crippen LogP contribution in [0.15, 0.2) is 72.8 Å². The van der Waals surface area contributed by atoms with Gasteiger partial charge in [-0.25, -0.2) is 9.18 Å². The Hall–Kier alpha value is -4.27. The van der Waals surface area contributed by atoms with Gasteiger partial charge in [-0.15, -0.1) is 0 Å². The van der Waals surface area contributed by atoms with Crippen molar-refractivity contribution in [1.29, 1.82) is 0 Å². The molecule has 3 aromatic rings. The minimum atomic E-state index is -0.898. The van der Waals surface area contributed by atoms with Gasteiger partial charge in [-0.1, -0.05) is 48.5 Å². The van der Waals surface area contributed by atoms with Gasteiger partial charge in [0, 0.05) is 36.5 Å². The van der Waals surface area contributed by atoms with E-state index in [9.17, 15) is 24.1 Å². The summed E-state index contributed by atoms with van der Waals surface area (Å²) in [5, 5.41) is 16.6. The number of anilines is 1. The highest BCUT2D eigenvalue weighted by Gasteiger charge is 2.19. The second kappa shape index (κ2) is 10.7. The van der Waals surface area contributed by atoms with Gasteiger partial charge in [0.1, 0.15) is 5.82 Å². The van der Waals surface area contributed by atoms with E-state index in [2.05, 4.69) is 10.6 Å². The quantitative estimate of drug-likeness (QED) is 0.299. The lowest BCUT2D eigenvalue weighted by molar-refractivity contribution is -0.384. The molecule has 0 spiro atoms. The van der Waals surface area contributed by atoms with Gasteiger partial charge in [-0.3, -0.25) is 14.9 Å². The maximum Gasteiger partial charge on any atom is 0.341 e. The Morgan fingerprint density at radius 2 is 1.69 bits per heavy atom. The minimum absolute atomic E-state index is 0.0657. The number of hydrogen-bond acceptors (Lipinski definition) is 6. The number of carbonyl (C=O) groups excluding carboxylic acids is 2. The number of esters is 1. The number of nitro benzene ring substituents is 1. The molecule has 9 heteroatoms. The first kappa shape index (κ1) is 22.4. The fourth-order valence-corrected chi connectivity index (χ4v) is 2.86. The minimum Gasteiger partial charge on any atom is -0.452 e. The maximum atomic E-state index is 13.6. The molecule has 8 nitrogen and oxygen atoms in total. The van der Waals surface area contributed by atoms with Gasteiger partial charge in [0.2, 0.25) is 0 Å². The number of non-ortho nitro benzene ring substituents is 1. The number of amides is 1. The monoisotopic (exact) mass is 437 g/mol. The second-order valence-electron chi connectivity index (χ2n) is 6.77. The van der Waals surface area contributed by atoms with Gasteiger partial charge in [-0.2, -0.15) is 0 Å². The van der Waals surface area contributed by atoms with E-state index in [1.165, 1.54) is 30.3 Å². The number of halogens is 1. The lowest BCUT2D eigenvalue weighted by atomic mass is 10.1. The first-order valence-electron chi connectivity index (χ1n) is 9.67. The van der Waals surface area contributed by atoms with Crippen LogP contribution in [0.1, 0.15) is 21.5 Å². The highest BCUT2D eigenvalue weighted by atomic mass is 19.1. The molecule has 32 heavy (non-hydrogen) atoms. The van der Waals surface area contributed by atoms with Crippen LogP contribution in [0, 0.1) is 15.9 Å². The van der Waals surface area contributed by atoms with E-state index in [-0.39, 0.29) is 17.8 Å². The Bertz CT molecular complexity index is 1120. The fourth-order valence-electron chi connectivity index (χ4n) is 2.86. The van der Waals surface area contributed by atoms with Crippen LogP contribution in [0.4, 0.5) is 15.8 Å². The summed E-state index contributed by atoms with van der Waals surface area (Å²) in [7, 11) is 0. The van der Waals surface area contributed by atoms with E-state index in [0.29, 0.717) is 17.8 Å². The molecular formula is C23H20FN3O5. The van der Waals surface area contributed by atoms with E-state index in [0.717, 1.165) is 11.6 Å². The number of nitro groups is 1. The highest BCUT2D eigenvalue weighted by Crippen LogP contribution is 2.23. The molecule has 0 saturated heterocycles. The third kappa shape index (κ3) is 6.11. The van der Waals surface area contributed by atoms with Crippen molar-refractivity contribution in [2.45, 2.75) is 13.1 Å². The molecule has 0 bridgehead atoms. The topological polar surface area (TPSA) is 111 Å².